The monoisotopic (exact) mass is 535 g/mol. The van der Waals surface area contributed by atoms with Gasteiger partial charge < -0.3 is 14.4 Å². The van der Waals surface area contributed by atoms with Gasteiger partial charge in [-0.1, -0.05) is 46.3 Å². The lowest BCUT2D eigenvalue weighted by Gasteiger charge is -2.70. The summed E-state index contributed by atoms with van der Waals surface area (Å²) in [6.45, 7) is 15.8. The summed E-state index contributed by atoms with van der Waals surface area (Å²) in [5.74, 6) is 1.65. The molecule has 0 unspecified atom stereocenters. The van der Waals surface area contributed by atoms with Gasteiger partial charge >= 0.3 is 5.97 Å². The minimum atomic E-state index is -0.327. The molecular formula is C34H49NO4. The van der Waals surface area contributed by atoms with E-state index in [1.807, 2.05) is 19.0 Å². The van der Waals surface area contributed by atoms with Crippen molar-refractivity contribution in [2.24, 2.45) is 27.6 Å². The van der Waals surface area contributed by atoms with Crippen LogP contribution in [0.1, 0.15) is 103 Å². The highest BCUT2D eigenvalue weighted by Gasteiger charge is 2.67. The Morgan fingerprint density at radius 2 is 1.64 bits per heavy atom. The molecule has 0 saturated heterocycles. The van der Waals surface area contributed by atoms with Gasteiger partial charge in [0.05, 0.1) is 7.11 Å². The molecule has 0 spiro atoms. The predicted molar refractivity (Wildman–Crippen MR) is 155 cm³/mol. The molecule has 0 N–H and O–H groups in total. The van der Waals surface area contributed by atoms with Gasteiger partial charge in [-0.25, -0.2) is 0 Å². The van der Waals surface area contributed by atoms with Crippen molar-refractivity contribution < 1.29 is 19.1 Å². The van der Waals surface area contributed by atoms with Crippen LogP contribution in [-0.4, -0.2) is 38.0 Å². The maximum Gasteiger partial charge on any atom is 0.308 e. The second kappa shape index (κ2) is 8.85. The Bertz CT molecular complexity index is 1260. The molecule has 0 aromatic heterocycles. The van der Waals surface area contributed by atoms with E-state index in [2.05, 4.69) is 53.7 Å². The van der Waals surface area contributed by atoms with Crippen LogP contribution in [0.3, 0.4) is 0 Å². The molecule has 4 aliphatic rings. The van der Waals surface area contributed by atoms with Crippen molar-refractivity contribution in [3.8, 4) is 11.5 Å². The maximum atomic E-state index is 13.4. The molecular weight excluding hydrogens is 486 g/mol. The number of methoxy groups -OCH3 is 1. The van der Waals surface area contributed by atoms with Crippen LogP contribution in [-0.2, 0) is 21.4 Å². The molecule has 5 rings (SSSR count). The van der Waals surface area contributed by atoms with Crippen LogP contribution in [0.15, 0.2) is 17.7 Å². The van der Waals surface area contributed by atoms with Crippen molar-refractivity contribution in [2.45, 2.75) is 105 Å². The molecule has 5 heteroatoms. The number of hydrogen-bond donors (Lipinski definition) is 0. The molecule has 6 atom stereocenters. The van der Waals surface area contributed by atoms with Crippen LogP contribution in [0.25, 0.3) is 0 Å². The maximum absolute atomic E-state index is 13.4. The number of carbonyl (C=O) groups excluding carboxylic acids is 2. The number of ether oxygens (including phenoxy) is 2. The van der Waals surface area contributed by atoms with E-state index in [1.165, 1.54) is 30.9 Å². The molecule has 0 bridgehead atoms. The zero-order valence-corrected chi connectivity index (χ0v) is 26.0. The first-order valence-electron chi connectivity index (χ1n) is 14.9. The van der Waals surface area contributed by atoms with Gasteiger partial charge in [-0.15, -0.1) is 0 Å². The molecule has 0 heterocycles. The molecule has 1 aromatic rings. The zero-order chi connectivity index (χ0) is 28.8. The fraction of sp³-hybridized carbons (Fsp3) is 0.706. The summed E-state index contributed by atoms with van der Waals surface area (Å²) in [4.78, 5) is 27.2. The minimum absolute atomic E-state index is 0.0384. The Balaban J connectivity index is 1.60. The van der Waals surface area contributed by atoms with Gasteiger partial charge in [-0.05, 0) is 103 Å². The molecule has 39 heavy (non-hydrogen) atoms. The number of allylic oxidation sites excluding steroid dienone is 2. The van der Waals surface area contributed by atoms with Crippen LogP contribution >= 0.6 is 0 Å². The molecule has 3 fully saturated rings. The lowest BCUT2D eigenvalue weighted by atomic mass is 9.34. The Labute approximate surface area is 235 Å². The first kappa shape index (κ1) is 28.2. The molecule has 0 aliphatic heterocycles. The highest BCUT2D eigenvalue weighted by molar-refractivity contribution is 5.82. The van der Waals surface area contributed by atoms with Gasteiger partial charge in [-0.3, -0.25) is 9.59 Å². The number of amides is 1. The quantitative estimate of drug-likeness (QED) is 0.234. The second-order valence-corrected chi connectivity index (χ2v) is 14.7. The van der Waals surface area contributed by atoms with Crippen molar-refractivity contribution in [1.82, 2.24) is 4.90 Å². The summed E-state index contributed by atoms with van der Waals surface area (Å²) in [5.41, 5.74) is 5.23. The Morgan fingerprint density at radius 1 is 0.974 bits per heavy atom. The average molecular weight is 536 g/mol. The molecule has 214 valence electrons. The summed E-state index contributed by atoms with van der Waals surface area (Å²) in [6.07, 6.45) is 11.0. The van der Waals surface area contributed by atoms with E-state index < -0.39 is 0 Å². The molecule has 5 nitrogen and oxygen atoms in total. The van der Waals surface area contributed by atoms with E-state index in [4.69, 9.17) is 9.47 Å². The molecule has 1 amide bonds. The summed E-state index contributed by atoms with van der Waals surface area (Å²) >= 11 is 0. The number of rotatable bonds is 3. The first-order chi connectivity index (χ1) is 18.1. The second-order valence-electron chi connectivity index (χ2n) is 14.7. The summed E-state index contributed by atoms with van der Waals surface area (Å²) in [6, 6.07) is 2.10. The van der Waals surface area contributed by atoms with E-state index in [1.54, 1.807) is 12.7 Å². The molecule has 0 radical (unpaired) electrons. The van der Waals surface area contributed by atoms with Crippen molar-refractivity contribution in [3.05, 3.63) is 34.4 Å². The van der Waals surface area contributed by atoms with Gasteiger partial charge in [-0.2, -0.15) is 0 Å². The fourth-order valence-corrected chi connectivity index (χ4v) is 9.90. The van der Waals surface area contributed by atoms with Gasteiger partial charge in [0.15, 0.2) is 11.5 Å². The van der Waals surface area contributed by atoms with Crippen LogP contribution in [0.5, 0.6) is 11.5 Å². The summed E-state index contributed by atoms with van der Waals surface area (Å²) < 4.78 is 11.4. The van der Waals surface area contributed by atoms with Gasteiger partial charge in [0, 0.05) is 31.8 Å². The topological polar surface area (TPSA) is 55.8 Å². The Kier molecular flexibility index (Phi) is 6.41. The van der Waals surface area contributed by atoms with E-state index >= 15 is 0 Å². The lowest BCUT2D eigenvalue weighted by molar-refractivity contribution is -0.171. The van der Waals surface area contributed by atoms with Crippen molar-refractivity contribution >= 4 is 11.9 Å². The van der Waals surface area contributed by atoms with Crippen LogP contribution in [0.4, 0.5) is 0 Å². The smallest absolute Gasteiger partial charge is 0.308 e. The normalized spacial score (nSPS) is 38.8. The first-order valence-corrected chi connectivity index (χ1v) is 14.9. The van der Waals surface area contributed by atoms with E-state index in [0.717, 1.165) is 44.1 Å². The Hall–Kier alpha value is -2.30. The third kappa shape index (κ3) is 3.77. The third-order valence-electron chi connectivity index (χ3n) is 12.4. The lowest BCUT2D eigenvalue weighted by Crippen LogP contribution is -2.63. The highest BCUT2D eigenvalue weighted by atomic mass is 16.6. The SMILES string of the molecule is COc1c(OC(C)=O)cc2c(c1C)CC=C1[C@@]2(C)CC[C@@]2(C)[C@@H]3C[C@](C)(C(=O)N(C)C)CC[C@]3(C)CC[C@]12C. The number of nitrogens with zero attached hydrogens (tertiary/aromatic N) is 1. The van der Waals surface area contributed by atoms with Gasteiger partial charge in [0.2, 0.25) is 5.91 Å². The van der Waals surface area contributed by atoms with E-state index in [9.17, 15) is 9.59 Å². The van der Waals surface area contributed by atoms with Gasteiger partial charge in [0.25, 0.3) is 0 Å². The minimum Gasteiger partial charge on any atom is -0.493 e. The standard InChI is InChI=1S/C34H49NO4/c1-21-23-11-12-26-32(5,24(23)19-25(28(21)38-10)39-22(2)36)16-18-34(7)27-20-31(4,29(37)35(8)9)14-13-30(27,3)15-17-33(26,34)6/h12,19,27H,11,13-18,20H2,1-10H3/t27-,30-,31-,32+,33-,34+/m1/s1. The van der Waals surface area contributed by atoms with E-state index in [0.29, 0.717) is 17.4 Å². The molecule has 4 aliphatic carbocycles. The highest BCUT2D eigenvalue weighted by Crippen LogP contribution is 2.74. The zero-order valence-electron chi connectivity index (χ0n) is 26.0. The Morgan fingerprint density at radius 3 is 2.26 bits per heavy atom. The third-order valence-corrected chi connectivity index (χ3v) is 12.4. The largest absolute Gasteiger partial charge is 0.493 e. The number of fused-ring (bicyclic) bond motifs is 7. The predicted octanol–water partition coefficient (Wildman–Crippen LogP) is 7.17. The van der Waals surface area contributed by atoms with Crippen LogP contribution < -0.4 is 9.47 Å². The number of carbonyl (C=O) groups is 2. The average Bonchev–Trinajstić information content (AvgIpc) is 2.86. The summed E-state index contributed by atoms with van der Waals surface area (Å²) in [5, 5.41) is 0. The van der Waals surface area contributed by atoms with Crippen LogP contribution in [0, 0.1) is 34.5 Å². The summed E-state index contributed by atoms with van der Waals surface area (Å²) in [7, 11) is 5.47. The molecule has 1 aromatic carbocycles. The van der Waals surface area contributed by atoms with Crippen molar-refractivity contribution in [2.75, 3.05) is 21.2 Å². The van der Waals surface area contributed by atoms with Gasteiger partial charge in [0.1, 0.15) is 0 Å². The van der Waals surface area contributed by atoms with E-state index in [-0.39, 0.29) is 39.0 Å². The fourth-order valence-electron chi connectivity index (χ4n) is 9.90. The number of benzene rings is 1. The number of esters is 1. The van der Waals surface area contributed by atoms with Crippen LogP contribution in [0.2, 0.25) is 0 Å². The van der Waals surface area contributed by atoms with Crippen molar-refractivity contribution in [3.63, 3.8) is 0 Å². The number of hydrogen-bond acceptors (Lipinski definition) is 4. The molecule has 3 saturated carbocycles. The van der Waals surface area contributed by atoms with Crippen molar-refractivity contribution in [1.29, 1.82) is 0 Å².